The van der Waals surface area contributed by atoms with E-state index >= 15 is 0 Å². The molecule has 0 aromatic heterocycles. The molecule has 3 aromatic carbocycles. The Morgan fingerprint density at radius 2 is 1.48 bits per heavy atom. The molecule has 0 aliphatic heterocycles. The highest BCUT2D eigenvalue weighted by atomic mass is 35.5. The zero-order valence-corrected chi connectivity index (χ0v) is 14.7. The van der Waals surface area contributed by atoms with Crippen molar-refractivity contribution in [3.8, 4) is 16.9 Å². The molecule has 0 saturated carbocycles. The summed E-state index contributed by atoms with van der Waals surface area (Å²) < 4.78 is 5.47. The number of nitrogens with one attached hydrogen (secondary N) is 1. The zero-order valence-electron chi connectivity index (χ0n) is 13.2. The van der Waals surface area contributed by atoms with Crippen LogP contribution in [0.1, 0.15) is 0 Å². The first-order valence-corrected chi connectivity index (χ1v) is 8.42. The number of anilines is 1. The molecule has 1 amide bonds. The molecule has 0 bridgehead atoms. The number of benzene rings is 3. The van der Waals surface area contributed by atoms with E-state index in [4.69, 9.17) is 27.9 Å². The van der Waals surface area contributed by atoms with E-state index in [1.807, 2.05) is 54.6 Å². The van der Waals surface area contributed by atoms with Crippen LogP contribution in [0.2, 0.25) is 10.0 Å². The molecule has 3 nitrogen and oxygen atoms in total. The Balaban J connectivity index is 1.72. The highest BCUT2D eigenvalue weighted by Gasteiger charge is 2.11. The van der Waals surface area contributed by atoms with Crippen LogP contribution in [0, 0.1) is 0 Å². The number of carbonyl (C=O) groups excluding carboxylic acids is 1. The predicted molar refractivity (Wildman–Crippen MR) is 102 cm³/mol. The van der Waals surface area contributed by atoms with E-state index in [1.165, 1.54) is 0 Å². The van der Waals surface area contributed by atoms with Crippen LogP contribution in [0.3, 0.4) is 0 Å². The number of rotatable bonds is 5. The molecule has 0 saturated heterocycles. The van der Waals surface area contributed by atoms with Crippen LogP contribution in [0.5, 0.6) is 5.75 Å². The molecular weight excluding hydrogens is 357 g/mol. The third kappa shape index (κ3) is 4.32. The lowest BCUT2D eigenvalue weighted by Crippen LogP contribution is -2.20. The lowest BCUT2D eigenvalue weighted by atomic mass is 10.0. The van der Waals surface area contributed by atoms with Crippen molar-refractivity contribution < 1.29 is 9.53 Å². The van der Waals surface area contributed by atoms with Gasteiger partial charge in [-0.05, 0) is 23.8 Å². The minimum Gasteiger partial charge on any atom is -0.481 e. The van der Waals surface area contributed by atoms with Crippen LogP contribution in [-0.4, -0.2) is 12.5 Å². The van der Waals surface area contributed by atoms with Gasteiger partial charge in [0.15, 0.2) is 12.4 Å². The fourth-order valence-electron chi connectivity index (χ4n) is 2.41. The minimum atomic E-state index is -0.292. The molecule has 0 aliphatic carbocycles. The van der Waals surface area contributed by atoms with Crippen molar-refractivity contribution in [2.45, 2.75) is 0 Å². The largest absolute Gasteiger partial charge is 0.481 e. The van der Waals surface area contributed by atoms with E-state index in [0.29, 0.717) is 21.5 Å². The monoisotopic (exact) mass is 371 g/mol. The van der Waals surface area contributed by atoms with Crippen molar-refractivity contribution >= 4 is 34.8 Å². The second-order valence-corrected chi connectivity index (χ2v) is 6.11. The summed E-state index contributed by atoms with van der Waals surface area (Å²) in [6.45, 7) is -0.188. The van der Waals surface area contributed by atoms with E-state index in [0.717, 1.165) is 11.1 Å². The van der Waals surface area contributed by atoms with Gasteiger partial charge in [-0.25, -0.2) is 0 Å². The van der Waals surface area contributed by atoms with Crippen LogP contribution in [-0.2, 0) is 4.79 Å². The van der Waals surface area contributed by atoms with E-state index in [9.17, 15) is 4.79 Å². The van der Waals surface area contributed by atoms with Gasteiger partial charge in [0.1, 0.15) is 0 Å². The van der Waals surface area contributed by atoms with Gasteiger partial charge in [-0.15, -0.1) is 0 Å². The highest BCUT2D eigenvalue weighted by molar-refractivity contribution is 6.37. The van der Waals surface area contributed by atoms with Gasteiger partial charge in [-0.2, -0.15) is 0 Å². The number of ether oxygens (including phenoxy) is 1. The van der Waals surface area contributed by atoms with Crippen LogP contribution in [0.15, 0.2) is 72.8 Å². The lowest BCUT2D eigenvalue weighted by molar-refractivity contribution is -0.118. The van der Waals surface area contributed by atoms with Gasteiger partial charge in [0.2, 0.25) is 0 Å². The molecule has 1 N–H and O–H groups in total. The van der Waals surface area contributed by atoms with Crippen molar-refractivity contribution in [1.82, 2.24) is 0 Å². The summed E-state index contributed by atoms with van der Waals surface area (Å²) in [6, 6.07) is 22.5. The summed E-state index contributed by atoms with van der Waals surface area (Å²) in [5.41, 5.74) is 2.67. The van der Waals surface area contributed by atoms with Gasteiger partial charge in [0.05, 0.1) is 10.0 Å². The van der Waals surface area contributed by atoms with Gasteiger partial charge in [-0.1, -0.05) is 77.8 Å². The van der Waals surface area contributed by atoms with Crippen LogP contribution >= 0.6 is 23.2 Å². The molecular formula is C20H15Cl2NO2. The summed E-state index contributed by atoms with van der Waals surface area (Å²) in [6.07, 6.45) is 0. The number of amides is 1. The standard InChI is InChI=1S/C20H15Cl2NO2/c21-16-10-6-11-17(22)20(16)25-13-19(24)23-18-12-5-4-9-15(18)14-7-2-1-3-8-14/h1-12H,13H2,(H,23,24). The fourth-order valence-corrected chi connectivity index (χ4v) is 2.91. The van der Waals surface area contributed by atoms with Crippen molar-refractivity contribution in [3.05, 3.63) is 82.8 Å². The third-order valence-electron chi connectivity index (χ3n) is 3.55. The Morgan fingerprint density at radius 3 is 2.20 bits per heavy atom. The van der Waals surface area contributed by atoms with E-state index in [1.54, 1.807) is 18.2 Å². The van der Waals surface area contributed by atoms with Gasteiger partial charge in [0, 0.05) is 11.3 Å². The molecule has 0 radical (unpaired) electrons. The van der Waals surface area contributed by atoms with Crippen LogP contribution in [0.25, 0.3) is 11.1 Å². The Bertz CT molecular complexity index is 862. The van der Waals surface area contributed by atoms with Crippen molar-refractivity contribution in [3.63, 3.8) is 0 Å². The first-order chi connectivity index (χ1) is 12.1. The maximum absolute atomic E-state index is 12.3. The summed E-state index contributed by atoms with van der Waals surface area (Å²) in [7, 11) is 0. The normalized spacial score (nSPS) is 10.3. The molecule has 0 unspecified atom stereocenters. The third-order valence-corrected chi connectivity index (χ3v) is 4.15. The molecule has 25 heavy (non-hydrogen) atoms. The topological polar surface area (TPSA) is 38.3 Å². The lowest BCUT2D eigenvalue weighted by Gasteiger charge is -2.13. The molecule has 126 valence electrons. The van der Waals surface area contributed by atoms with Crippen LogP contribution in [0.4, 0.5) is 5.69 Å². The number of hydrogen-bond acceptors (Lipinski definition) is 2. The van der Waals surface area contributed by atoms with Crippen molar-refractivity contribution in [1.29, 1.82) is 0 Å². The van der Waals surface area contributed by atoms with Gasteiger partial charge >= 0.3 is 0 Å². The first-order valence-electron chi connectivity index (χ1n) is 7.66. The average molecular weight is 372 g/mol. The molecule has 0 heterocycles. The average Bonchev–Trinajstić information content (AvgIpc) is 2.62. The summed E-state index contributed by atoms with van der Waals surface area (Å²) in [5.74, 6) is 0.0108. The second-order valence-electron chi connectivity index (χ2n) is 5.30. The second kappa shape index (κ2) is 8.06. The maximum atomic E-state index is 12.3. The Hall–Kier alpha value is -2.49. The first kappa shape index (κ1) is 17.3. The Labute approximate surface area is 156 Å². The van der Waals surface area contributed by atoms with Gasteiger partial charge in [-0.3, -0.25) is 4.79 Å². The van der Waals surface area contributed by atoms with Crippen molar-refractivity contribution in [2.75, 3.05) is 11.9 Å². The smallest absolute Gasteiger partial charge is 0.262 e. The van der Waals surface area contributed by atoms with Crippen LogP contribution < -0.4 is 10.1 Å². The Morgan fingerprint density at radius 1 is 0.840 bits per heavy atom. The van der Waals surface area contributed by atoms with Crippen molar-refractivity contribution in [2.24, 2.45) is 0 Å². The maximum Gasteiger partial charge on any atom is 0.262 e. The number of hydrogen-bond donors (Lipinski definition) is 1. The number of carbonyl (C=O) groups is 1. The van der Waals surface area contributed by atoms with E-state index in [-0.39, 0.29) is 12.5 Å². The molecule has 0 aliphatic rings. The summed E-state index contributed by atoms with van der Waals surface area (Å²) >= 11 is 12.1. The zero-order chi connectivity index (χ0) is 17.6. The van der Waals surface area contributed by atoms with E-state index in [2.05, 4.69) is 5.32 Å². The molecule has 0 spiro atoms. The summed E-state index contributed by atoms with van der Waals surface area (Å²) in [4.78, 5) is 12.3. The quantitative estimate of drug-likeness (QED) is 0.626. The number of para-hydroxylation sites is 2. The molecule has 0 fully saturated rings. The van der Waals surface area contributed by atoms with E-state index < -0.39 is 0 Å². The van der Waals surface area contributed by atoms with Gasteiger partial charge in [0.25, 0.3) is 5.91 Å². The summed E-state index contributed by atoms with van der Waals surface area (Å²) in [5, 5.41) is 3.60. The SMILES string of the molecule is O=C(COc1c(Cl)cccc1Cl)Nc1ccccc1-c1ccccc1. The highest BCUT2D eigenvalue weighted by Crippen LogP contribution is 2.32. The number of halogens is 2. The Kier molecular flexibility index (Phi) is 5.59. The van der Waals surface area contributed by atoms with Gasteiger partial charge < -0.3 is 10.1 Å². The minimum absolute atomic E-state index is 0.188. The molecule has 5 heteroatoms. The predicted octanol–water partition coefficient (Wildman–Crippen LogP) is 5.68. The molecule has 3 rings (SSSR count). The molecule has 0 atom stereocenters. The molecule has 3 aromatic rings. The fraction of sp³-hybridized carbons (Fsp3) is 0.0500.